The lowest BCUT2D eigenvalue weighted by molar-refractivity contribution is 0.0689. The molecule has 3 heterocycles. The topological polar surface area (TPSA) is 130 Å². The molecule has 2 aromatic carbocycles. The number of hydrogen-bond acceptors (Lipinski definition) is 8. The fourth-order valence-corrected chi connectivity index (χ4v) is 5.45. The van der Waals surface area contributed by atoms with Gasteiger partial charge in [0.05, 0.1) is 36.6 Å². The molecule has 0 atom stereocenters. The van der Waals surface area contributed by atoms with Crippen LogP contribution in [0.3, 0.4) is 0 Å². The van der Waals surface area contributed by atoms with Crippen molar-refractivity contribution in [2.24, 2.45) is 5.92 Å². The molecule has 4 aromatic rings. The van der Waals surface area contributed by atoms with Crippen LogP contribution in [0.1, 0.15) is 30.3 Å². The molecule has 5 rings (SSSR count). The summed E-state index contributed by atoms with van der Waals surface area (Å²) in [6.07, 6.45) is 6.39. The third kappa shape index (κ3) is 6.77. The van der Waals surface area contributed by atoms with Gasteiger partial charge in [0.15, 0.2) is 5.82 Å². The molecule has 220 valence electrons. The van der Waals surface area contributed by atoms with Crippen LogP contribution in [0.5, 0.6) is 5.75 Å². The van der Waals surface area contributed by atoms with E-state index in [-0.39, 0.29) is 22.7 Å². The second kappa shape index (κ2) is 12.3. The van der Waals surface area contributed by atoms with E-state index < -0.39 is 10.0 Å². The van der Waals surface area contributed by atoms with Crippen LogP contribution >= 0.6 is 11.6 Å². The Kier molecular flexibility index (Phi) is 8.55. The Labute approximate surface area is 249 Å². The van der Waals surface area contributed by atoms with Crippen LogP contribution in [-0.2, 0) is 10.0 Å². The molecule has 0 saturated carbocycles. The van der Waals surface area contributed by atoms with Gasteiger partial charge in [0.2, 0.25) is 16.0 Å². The lowest BCUT2D eigenvalue weighted by atomic mass is 9.99. The summed E-state index contributed by atoms with van der Waals surface area (Å²) in [7, 11) is -1.94. The maximum absolute atomic E-state index is 13.3. The molecular weight excluding hydrogens is 578 g/mol. The number of halogens is 1. The third-order valence-electron chi connectivity index (χ3n) is 6.97. The predicted octanol–water partition coefficient (Wildman–Crippen LogP) is 5.66. The number of ether oxygens (including phenoxy) is 1. The second-order valence-corrected chi connectivity index (χ2v) is 12.3. The number of rotatable bonds is 9. The van der Waals surface area contributed by atoms with Crippen molar-refractivity contribution >= 4 is 56.4 Å². The SMILES string of the molecule is COc1cc(-n2cccc2C(=O)N2CCC(C)CC2)ccc1Nc1ncc(Cl)c(Nc2ccccc2NS(C)(=O)=O)n1. The van der Waals surface area contributed by atoms with Crippen LogP contribution in [0, 0.1) is 5.92 Å². The first kappa shape index (κ1) is 29.2. The molecule has 0 spiro atoms. The van der Waals surface area contributed by atoms with Crippen molar-refractivity contribution in [3.63, 3.8) is 0 Å². The van der Waals surface area contributed by atoms with E-state index in [9.17, 15) is 13.2 Å². The van der Waals surface area contributed by atoms with E-state index in [0.717, 1.165) is 37.9 Å². The van der Waals surface area contributed by atoms with Gasteiger partial charge in [-0.15, -0.1) is 0 Å². The number of anilines is 5. The molecule has 2 aromatic heterocycles. The Hall–Kier alpha value is -4.29. The summed E-state index contributed by atoms with van der Waals surface area (Å²) in [6.45, 7) is 3.74. The molecule has 0 aliphatic carbocycles. The molecule has 11 nitrogen and oxygen atoms in total. The van der Waals surface area contributed by atoms with Crippen LogP contribution in [0.4, 0.5) is 28.8 Å². The fourth-order valence-electron chi connectivity index (χ4n) is 4.73. The molecule has 1 saturated heterocycles. The Bertz CT molecular complexity index is 1700. The number of likely N-dealkylation sites (tertiary alicyclic amines) is 1. The van der Waals surface area contributed by atoms with E-state index >= 15 is 0 Å². The molecule has 3 N–H and O–H groups in total. The molecule has 0 unspecified atom stereocenters. The van der Waals surface area contributed by atoms with Gasteiger partial charge in [-0.2, -0.15) is 4.98 Å². The van der Waals surface area contributed by atoms with Gasteiger partial charge in [-0.1, -0.05) is 30.7 Å². The number of amides is 1. The fraction of sp³-hybridized carbons (Fsp3) is 0.276. The number of piperidine rings is 1. The van der Waals surface area contributed by atoms with E-state index in [1.807, 2.05) is 46.0 Å². The Morgan fingerprint density at radius 3 is 2.48 bits per heavy atom. The van der Waals surface area contributed by atoms with E-state index in [1.54, 1.807) is 31.4 Å². The van der Waals surface area contributed by atoms with Gasteiger partial charge in [-0.05, 0) is 55.2 Å². The molecule has 1 aliphatic heterocycles. The Morgan fingerprint density at radius 1 is 1.02 bits per heavy atom. The normalized spacial score (nSPS) is 14.0. The van der Waals surface area contributed by atoms with Crippen LogP contribution in [0.25, 0.3) is 5.69 Å². The summed E-state index contributed by atoms with van der Waals surface area (Å²) in [5, 5.41) is 6.47. The highest BCUT2D eigenvalue weighted by Gasteiger charge is 2.24. The number of aromatic nitrogens is 3. The lowest BCUT2D eigenvalue weighted by Gasteiger charge is -2.30. The number of methoxy groups -OCH3 is 1. The molecule has 42 heavy (non-hydrogen) atoms. The largest absolute Gasteiger partial charge is 0.494 e. The summed E-state index contributed by atoms with van der Waals surface area (Å²) in [4.78, 5) is 24.0. The average molecular weight is 610 g/mol. The van der Waals surface area contributed by atoms with Gasteiger partial charge < -0.3 is 24.8 Å². The summed E-state index contributed by atoms with van der Waals surface area (Å²) >= 11 is 6.36. The molecule has 0 radical (unpaired) electrons. The van der Waals surface area contributed by atoms with Crippen LogP contribution < -0.4 is 20.1 Å². The molecule has 1 aliphatic rings. The first-order valence-electron chi connectivity index (χ1n) is 13.4. The average Bonchev–Trinajstić information content (AvgIpc) is 3.45. The number of carbonyl (C=O) groups excluding carboxylic acids is 1. The predicted molar refractivity (Wildman–Crippen MR) is 165 cm³/mol. The monoisotopic (exact) mass is 609 g/mol. The van der Waals surface area contributed by atoms with Crippen LogP contribution in [0.15, 0.2) is 67.0 Å². The van der Waals surface area contributed by atoms with Crippen molar-refractivity contribution in [3.8, 4) is 11.4 Å². The number of nitrogens with zero attached hydrogens (tertiary/aromatic N) is 4. The van der Waals surface area contributed by atoms with Gasteiger partial charge >= 0.3 is 0 Å². The highest BCUT2D eigenvalue weighted by atomic mass is 35.5. The van der Waals surface area contributed by atoms with Crippen molar-refractivity contribution in [1.82, 2.24) is 19.4 Å². The number of hydrogen-bond donors (Lipinski definition) is 3. The third-order valence-corrected chi connectivity index (χ3v) is 7.84. The second-order valence-electron chi connectivity index (χ2n) is 10.2. The first-order valence-corrected chi connectivity index (χ1v) is 15.7. The smallest absolute Gasteiger partial charge is 0.270 e. The van der Waals surface area contributed by atoms with Crippen molar-refractivity contribution < 1.29 is 17.9 Å². The number of nitrogens with one attached hydrogen (secondary N) is 3. The highest BCUT2D eigenvalue weighted by molar-refractivity contribution is 7.92. The lowest BCUT2D eigenvalue weighted by Crippen LogP contribution is -2.38. The van der Waals surface area contributed by atoms with Crippen molar-refractivity contribution in [2.45, 2.75) is 19.8 Å². The minimum Gasteiger partial charge on any atom is -0.494 e. The van der Waals surface area contributed by atoms with Gasteiger partial charge in [-0.25, -0.2) is 13.4 Å². The molecule has 1 amide bonds. The molecule has 1 fully saturated rings. The number of benzene rings is 2. The highest BCUT2D eigenvalue weighted by Crippen LogP contribution is 2.33. The van der Waals surface area contributed by atoms with Crippen molar-refractivity contribution in [2.75, 3.05) is 41.8 Å². The molecule has 13 heteroatoms. The maximum atomic E-state index is 13.3. The van der Waals surface area contributed by atoms with Crippen LogP contribution in [0.2, 0.25) is 5.02 Å². The zero-order chi connectivity index (χ0) is 29.9. The van der Waals surface area contributed by atoms with E-state index in [0.29, 0.717) is 34.4 Å². The zero-order valence-electron chi connectivity index (χ0n) is 23.5. The van der Waals surface area contributed by atoms with Crippen molar-refractivity contribution in [3.05, 3.63) is 77.7 Å². The van der Waals surface area contributed by atoms with Gasteiger partial charge in [0.1, 0.15) is 16.5 Å². The first-order chi connectivity index (χ1) is 20.1. The number of sulfonamides is 1. The maximum Gasteiger partial charge on any atom is 0.270 e. The molecular formula is C29H32ClN7O4S. The number of carbonyl (C=O) groups is 1. The van der Waals surface area contributed by atoms with E-state index in [2.05, 4.69) is 32.2 Å². The summed E-state index contributed by atoms with van der Waals surface area (Å²) in [6, 6.07) is 16.0. The quantitative estimate of drug-likeness (QED) is 0.222. The minimum absolute atomic E-state index is 0.0102. The van der Waals surface area contributed by atoms with E-state index in [1.165, 1.54) is 6.20 Å². The van der Waals surface area contributed by atoms with Gasteiger partial charge in [0.25, 0.3) is 5.91 Å². The summed E-state index contributed by atoms with van der Waals surface area (Å²) in [5.74, 6) is 1.67. The van der Waals surface area contributed by atoms with Crippen LogP contribution in [-0.4, -0.2) is 60.2 Å². The molecule has 0 bridgehead atoms. The Balaban J connectivity index is 1.37. The summed E-state index contributed by atoms with van der Waals surface area (Å²) in [5.41, 5.74) is 2.77. The van der Waals surface area contributed by atoms with Gasteiger partial charge in [0, 0.05) is 31.0 Å². The Morgan fingerprint density at radius 2 is 1.76 bits per heavy atom. The van der Waals surface area contributed by atoms with Gasteiger partial charge in [-0.3, -0.25) is 9.52 Å². The number of para-hydroxylation sites is 2. The zero-order valence-corrected chi connectivity index (χ0v) is 25.0. The minimum atomic E-state index is -3.50. The van der Waals surface area contributed by atoms with E-state index in [4.69, 9.17) is 16.3 Å². The van der Waals surface area contributed by atoms with Crippen molar-refractivity contribution in [1.29, 1.82) is 0 Å². The summed E-state index contributed by atoms with van der Waals surface area (Å²) < 4.78 is 33.6. The standard InChI is InChI=1S/C29H32ClN7O4S/c1-19-12-15-36(16-13-19)28(38)25-9-6-14-37(25)20-10-11-24(26(17-20)41-2)33-29-31-18-21(30)27(34-29)32-22-7-4-5-8-23(22)35-42(3,39)40/h4-11,14,17-19,35H,12-13,15-16H2,1-3H3,(H2,31,32,33,34).